The number of anilines is 3. The standard InChI is InChI=1S/C23H22ClFN4O3/c24-16-3-8-19(20(14-16)27-23(31)21-2-1-13-32-21)26-15-22(30)29-11-9-28(10-12-29)18-6-4-17(25)5-7-18/h1-8,13-14,26H,9-12,15H2,(H,27,31). The van der Waals surface area contributed by atoms with Gasteiger partial charge in [0.15, 0.2) is 5.76 Å². The van der Waals surface area contributed by atoms with E-state index in [1.165, 1.54) is 18.4 Å². The third kappa shape index (κ3) is 5.20. The zero-order valence-electron chi connectivity index (χ0n) is 17.2. The molecule has 0 unspecified atom stereocenters. The van der Waals surface area contributed by atoms with E-state index in [2.05, 4.69) is 15.5 Å². The van der Waals surface area contributed by atoms with E-state index >= 15 is 0 Å². The maximum absolute atomic E-state index is 13.1. The van der Waals surface area contributed by atoms with Gasteiger partial charge in [0, 0.05) is 36.9 Å². The van der Waals surface area contributed by atoms with Crippen molar-refractivity contribution in [2.75, 3.05) is 48.3 Å². The van der Waals surface area contributed by atoms with Crippen molar-refractivity contribution in [1.29, 1.82) is 0 Å². The first-order valence-corrected chi connectivity index (χ1v) is 10.5. The van der Waals surface area contributed by atoms with Gasteiger partial charge in [-0.25, -0.2) is 4.39 Å². The van der Waals surface area contributed by atoms with E-state index in [0.29, 0.717) is 42.6 Å². The Balaban J connectivity index is 1.33. The van der Waals surface area contributed by atoms with Crippen molar-refractivity contribution in [2.45, 2.75) is 0 Å². The highest BCUT2D eigenvalue weighted by Gasteiger charge is 2.21. The molecule has 0 aliphatic carbocycles. The minimum Gasteiger partial charge on any atom is -0.459 e. The molecule has 1 saturated heterocycles. The molecule has 0 spiro atoms. The van der Waals surface area contributed by atoms with E-state index in [4.69, 9.17) is 16.0 Å². The first-order valence-electron chi connectivity index (χ1n) is 10.2. The molecule has 0 atom stereocenters. The van der Waals surface area contributed by atoms with Gasteiger partial charge < -0.3 is 24.9 Å². The lowest BCUT2D eigenvalue weighted by molar-refractivity contribution is -0.129. The molecule has 2 heterocycles. The van der Waals surface area contributed by atoms with Crippen LogP contribution < -0.4 is 15.5 Å². The number of amides is 2. The van der Waals surface area contributed by atoms with Crippen LogP contribution in [-0.2, 0) is 4.79 Å². The number of benzene rings is 2. The molecule has 4 rings (SSSR count). The monoisotopic (exact) mass is 456 g/mol. The molecule has 166 valence electrons. The molecule has 0 saturated carbocycles. The summed E-state index contributed by atoms with van der Waals surface area (Å²) in [6.45, 7) is 2.55. The number of nitrogens with one attached hydrogen (secondary N) is 2. The van der Waals surface area contributed by atoms with Gasteiger partial charge in [-0.05, 0) is 54.6 Å². The van der Waals surface area contributed by atoms with Crippen LogP contribution in [0.2, 0.25) is 5.02 Å². The second-order valence-electron chi connectivity index (χ2n) is 7.32. The normalized spacial score (nSPS) is 13.7. The van der Waals surface area contributed by atoms with Crippen LogP contribution in [0.25, 0.3) is 0 Å². The minimum atomic E-state index is -0.413. The smallest absolute Gasteiger partial charge is 0.291 e. The molecule has 2 N–H and O–H groups in total. The first kappa shape index (κ1) is 21.7. The summed E-state index contributed by atoms with van der Waals surface area (Å²) in [6.07, 6.45) is 1.42. The fraction of sp³-hybridized carbons (Fsp3) is 0.217. The summed E-state index contributed by atoms with van der Waals surface area (Å²) in [5.74, 6) is -0.563. The van der Waals surface area contributed by atoms with E-state index in [1.807, 2.05) is 0 Å². The van der Waals surface area contributed by atoms with Gasteiger partial charge in [-0.3, -0.25) is 9.59 Å². The van der Waals surface area contributed by atoms with Gasteiger partial charge >= 0.3 is 0 Å². The van der Waals surface area contributed by atoms with Crippen molar-refractivity contribution < 1.29 is 18.4 Å². The summed E-state index contributed by atoms with van der Waals surface area (Å²) >= 11 is 6.08. The van der Waals surface area contributed by atoms with E-state index in [9.17, 15) is 14.0 Å². The van der Waals surface area contributed by atoms with Crippen LogP contribution in [0.5, 0.6) is 0 Å². The summed E-state index contributed by atoms with van der Waals surface area (Å²) in [7, 11) is 0. The Morgan fingerprint density at radius 3 is 2.44 bits per heavy atom. The lowest BCUT2D eigenvalue weighted by Crippen LogP contribution is -2.50. The van der Waals surface area contributed by atoms with E-state index in [-0.39, 0.29) is 24.0 Å². The van der Waals surface area contributed by atoms with Gasteiger partial charge in [0.05, 0.1) is 24.2 Å². The van der Waals surface area contributed by atoms with Crippen LogP contribution in [0.1, 0.15) is 10.6 Å². The molecule has 32 heavy (non-hydrogen) atoms. The number of rotatable bonds is 6. The van der Waals surface area contributed by atoms with Gasteiger partial charge in [0.1, 0.15) is 5.82 Å². The number of nitrogens with zero attached hydrogens (tertiary/aromatic N) is 2. The average Bonchev–Trinajstić information content (AvgIpc) is 3.34. The van der Waals surface area contributed by atoms with E-state index < -0.39 is 5.91 Å². The van der Waals surface area contributed by atoms with Gasteiger partial charge in [0.2, 0.25) is 5.91 Å². The predicted octanol–water partition coefficient (Wildman–Crippen LogP) is 4.09. The van der Waals surface area contributed by atoms with Crippen LogP contribution >= 0.6 is 11.6 Å². The Bertz CT molecular complexity index is 1080. The number of carbonyl (C=O) groups excluding carboxylic acids is 2. The minimum absolute atomic E-state index is 0.0537. The molecule has 0 radical (unpaired) electrons. The largest absolute Gasteiger partial charge is 0.459 e. The highest BCUT2D eigenvalue weighted by Crippen LogP contribution is 2.26. The number of carbonyl (C=O) groups is 2. The molecular weight excluding hydrogens is 435 g/mol. The Morgan fingerprint density at radius 2 is 1.75 bits per heavy atom. The van der Waals surface area contributed by atoms with Crippen molar-refractivity contribution in [3.63, 3.8) is 0 Å². The lowest BCUT2D eigenvalue weighted by Gasteiger charge is -2.36. The summed E-state index contributed by atoms with van der Waals surface area (Å²) in [5.41, 5.74) is 1.97. The van der Waals surface area contributed by atoms with Crippen molar-refractivity contribution in [1.82, 2.24) is 4.90 Å². The highest BCUT2D eigenvalue weighted by molar-refractivity contribution is 6.31. The summed E-state index contributed by atoms with van der Waals surface area (Å²) < 4.78 is 18.2. The van der Waals surface area contributed by atoms with E-state index in [1.54, 1.807) is 47.4 Å². The third-order valence-electron chi connectivity index (χ3n) is 5.23. The molecule has 0 bridgehead atoms. The van der Waals surface area contributed by atoms with Crippen molar-refractivity contribution in [3.8, 4) is 0 Å². The molecule has 2 amide bonds. The maximum Gasteiger partial charge on any atom is 0.291 e. The summed E-state index contributed by atoms with van der Waals surface area (Å²) in [5, 5.41) is 6.29. The van der Waals surface area contributed by atoms with Gasteiger partial charge in [-0.1, -0.05) is 11.6 Å². The number of hydrogen-bond donors (Lipinski definition) is 2. The van der Waals surface area contributed by atoms with Crippen LogP contribution in [-0.4, -0.2) is 49.4 Å². The second-order valence-corrected chi connectivity index (χ2v) is 7.76. The van der Waals surface area contributed by atoms with Crippen molar-refractivity contribution in [2.24, 2.45) is 0 Å². The van der Waals surface area contributed by atoms with Gasteiger partial charge in [-0.2, -0.15) is 0 Å². The Morgan fingerprint density at radius 1 is 1.00 bits per heavy atom. The average molecular weight is 457 g/mol. The number of hydrogen-bond acceptors (Lipinski definition) is 5. The molecule has 7 nitrogen and oxygen atoms in total. The Kier molecular flexibility index (Phi) is 6.61. The van der Waals surface area contributed by atoms with Crippen LogP contribution in [0.4, 0.5) is 21.5 Å². The van der Waals surface area contributed by atoms with Crippen LogP contribution in [0.3, 0.4) is 0 Å². The third-order valence-corrected chi connectivity index (χ3v) is 5.46. The molecule has 1 aliphatic rings. The summed E-state index contributed by atoms with van der Waals surface area (Å²) in [4.78, 5) is 28.9. The SMILES string of the molecule is O=C(Nc1cc(Cl)ccc1NCC(=O)N1CCN(c2ccc(F)cc2)CC1)c1ccco1. The molecule has 2 aromatic carbocycles. The fourth-order valence-corrected chi connectivity index (χ4v) is 3.69. The number of halogens is 2. The zero-order chi connectivity index (χ0) is 22.5. The molecule has 1 aliphatic heterocycles. The number of piperazine rings is 1. The number of furan rings is 1. The zero-order valence-corrected chi connectivity index (χ0v) is 17.9. The summed E-state index contributed by atoms with van der Waals surface area (Å²) in [6, 6.07) is 14.5. The van der Waals surface area contributed by atoms with Gasteiger partial charge in [0.25, 0.3) is 5.91 Å². The first-order chi connectivity index (χ1) is 15.5. The van der Waals surface area contributed by atoms with Crippen LogP contribution in [0.15, 0.2) is 65.3 Å². The maximum atomic E-state index is 13.1. The quantitative estimate of drug-likeness (QED) is 0.584. The van der Waals surface area contributed by atoms with Gasteiger partial charge in [-0.15, -0.1) is 0 Å². The predicted molar refractivity (Wildman–Crippen MR) is 122 cm³/mol. The highest BCUT2D eigenvalue weighted by atomic mass is 35.5. The molecule has 9 heteroatoms. The molecule has 1 fully saturated rings. The van der Waals surface area contributed by atoms with Crippen molar-refractivity contribution >= 4 is 40.5 Å². The molecule has 3 aromatic rings. The van der Waals surface area contributed by atoms with E-state index in [0.717, 1.165) is 5.69 Å². The molecule has 1 aromatic heterocycles. The Hall–Kier alpha value is -3.52. The fourth-order valence-electron chi connectivity index (χ4n) is 3.51. The molecular formula is C23H22ClFN4O3. The Labute approximate surface area is 189 Å². The second kappa shape index (κ2) is 9.74. The van der Waals surface area contributed by atoms with Crippen molar-refractivity contribution in [3.05, 3.63) is 77.5 Å². The topological polar surface area (TPSA) is 77.8 Å². The lowest BCUT2D eigenvalue weighted by atomic mass is 10.2. The van der Waals surface area contributed by atoms with Crippen LogP contribution in [0, 0.1) is 5.82 Å².